The first-order valence-electron chi connectivity index (χ1n) is 10.2. The fourth-order valence-corrected chi connectivity index (χ4v) is 4.55. The minimum Gasteiger partial charge on any atom is -0.355 e. The van der Waals surface area contributed by atoms with E-state index in [1.54, 1.807) is 0 Å². The smallest absolute Gasteiger partial charge is 0.237 e. The first-order valence-corrected chi connectivity index (χ1v) is 10.2. The summed E-state index contributed by atoms with van der Waals surface area (Å²) < 4.78 is 0. The summed E-state index contributed by atoms with van der Waals surface area (Å²) in [5.74, 6) is 0.240. The highest BCUT2D eigenvalue weighted by Gasteiger charge is 2.47. The molecular formula is C21H34N4O. The third-order valence-corrected chi connectivity index (χ3v) is 6.16. The number of aromatic nitrogens is 1. The maximum Gasteiger partial charge on any atom is 0.237 e. The molecule has 2 fully saturated rings. The SMILES string of the molecule is CCCN1CC2(CCN(C)CC2)C[C@H]1C(=O)NCCCc1ccncc1. The lowest BCUT2D eigenvalue weighted by atomic mass is 9.76. The maximum absolute atomic E-state index is 12.9. The van der Waals surface area contributed by atoms with Gasteiger partial charge in [0.1, 0.15) is 0 Å². The van der Waals surface area contributed by atoms with Gasteiger partial charge in [0.15, 0.2) is 0 Å². The summed E-state index contributed by atoms with van der Waals surface area (Å²) in [6.45, 7) is 7.44. The van der Waals surface area contributed by atoms with Gasteiger partial charge < -0.3 is 10.2 Å². The van der Waals surface area contributed by atoms with Gasteiger partial charge in [-0.05, 0) is 88.3 Å². The highest BCUT2D eigenvalue weighted by molar-refractivity contribution is 5.82. The number of piperidine rings is 1. The Morgan fingerprint density at radius 2 is 2.04 bits per heavy atom. The van der Waals surface area contributed by atoms with Gasteiger partial charge in [-0.15, -0.1) is 0 Å². The normalized spacial score (nSPS) is 23.4. The predicted octanol–water partition coefficient (Wildman–Crippen LogP) is 2.33. The van der Waals surface area contributed by atoms with Crippen LogP contribution in [0.15, 0.2) is 24.5 Å². The van der Waals surface area contributed by atoms with E-state index >= 15 is 0 Å². The fourth-order valence-electron chi connectivity index (χ4n) is 4.55. The van der Waals surface area contributed by atoms with Gasteiger partial charge >= 0.3 is 0 Å². The van der Waals surface area contributed by atoms with Crippen molar-refractivity contribution < 1.29 is 4.79 Å². The van der Waals surface area contributed by atoms with E-state index < -0.39 is 0 Å². The second kappa shape index (κ2) is 8.96. The van der Waals surface area contributed by atoms with Crippen molar-refractivity contribution in [2.45, 2.75) is 51.5 Å². The Morgan fingerprint density at radius 3 is 2.73 bits per heavy atom. The first-order chi connectivity index (χ1) is 12.6. The number of nitrogens with one attached hydrogen (secondary N) is 1. The summed E-state index contributed by atoms with van der Waals surface area (Å²) in [4.78, 5) is 21.8. The number of amides is 1. The van der Waals surface area contributed by atoms with Crippen molar-refractivity contribution >= 4 is 5.91 Å². The van der Waals surface area contributed by atoms with Crippen molar-refractivity contribution in [1.82, 2.24) is 20.1 Å². The van der Waals surface area contributed by atoms with Crippen molar-refractivity contribution in [3.05, 3.63) is 30.1 Å². The van der Waals surface area contributed by atoms with Crippen LogP contribution < -0.4 is 5.32 Å². The molecule has 1 aromatic heterocycles. The van der Waals surface area contributed by atoms with Gasteiger partial charge in [0.25, 0.3) is 0 Å². The zero-order chi connectivity index (χ0) is 18.4. The van der Waals surface area contributed by atoms with Crippen LogP contribution in [0.1, 0.15) is 44.6 Å². The number of rotatable bonds is 7. The minimum absolute atomic E-state index is 0.0688. The van der Waals surface area contributed by atoms with Gasteiger partial charge in [0, 0.05) is 25.5 Å². The van der Waals surface area contributed by atoms with Gasteiger partial charge in [-0.2, -0.15) is 0 Å². The molecule has 1 N–H and O–H groups in total. The van der Waals surface area contributed by atoms with Crippen LogP contribution in [0, 0.1) is 5.41 Å². The van der Waals surface area contributed by atoms with Crippen LogP contribution in [0.4, 0.5) is 0 Å². The fraction of sp³-hybridized carbons (Fsp3) is 0.714. The summed E-state index contributed by atoms with van der Waals surface area (Å²) >= 11 is 0. The summed E-state index contributed by atoms with van der Waals surface area (Å²) in [7, 11) is 2.21. The Labute approximate surface area is 158 Å². The molecule has 5 nitrogen and oxygen atoms in total. The molecular weight excluding hydrogens is 324 g/mol. The minimum atomic E-state index is 0.0688. The van der Waals surface area contributed by atoms with Crippen LogP contribution in [-0.2, 0) is 11.2 Å². The van der Waals surface area contributed by atoms with E-state index in [9.17, 15) is 4.79 Å². The standard InChI is InChI=1S/C21H34N4O/c1-3-13-25-17-21(8-14-24(2)15-9-21)16-19(25)20(26)23-10-4-5-18-6-11-22-12-7-18/h6-7,11-12,19H,3-5,8-10,13-17H2,1-2H3,(H,23,26)/t19-/m0/s1. The van der Waals surface area contributed by atoms with Gasteiger partial charge in [-0.3, -0.25) is 14.7 Å². The molecule has 1 amide bonds. The molecule has 1 atom stereocenters. The number of pyridine rings is 1. The van der Waals surface area contributed by atoms with Crippen LogP contribution in [0.25, 0.3) is 0 Å². The van der Waals surface area contributed by atoms with Gasteiger partial charge in [0.05, 0.1) is 6.04 Å². The van der Waals surface area contributed by atoms with Gasteiger partial charge in [0.2, 0.25) is 5.91 Å². The van der Waals surface area contributed by atoms with Crippen LogP contribution in [0.3, 0.4) is 0 Å². The summed E-state index contributed by atoms with van der Waals surface area (Å²) in [5, 5.41) is 3.21. The van der Waals surface area contributed by atoms with Crippen LogP contribution in [0.2, 0.25) is 0 Å². The van der Waals surface area contributed by atoms with Crippen LogP contribution in [0.5, 0.6) is 0 Å². The Bertz CT molecular complexity index is 569. The summed E-state index contributed by atoms with van der Waals surface area (Å²) in [5.41, 5.74) is 1.65. The zero-order valence-corrected chi connectivity index (χ0v) is 16.4. The van der Waals surface area contributed by atoms with Crippen molar-refractivity contribution in [2.75, 3.05) is 39.8 Å². The molecule has 1 spiro atoms. The lowest BCUT2D eigenvalue weighted by molar-refractivity contribution is -0.125. The third kappa shape index (κ3) is 4.83. The Hall–Kier alpha value is -1.46. The van der Waals surface area contributed by atoms with E-state index in [1.165, 1.54) is 31.5 Å². The quantitative estimate of drug-likeness (QED) is 0.760. The molecule has 1 aromatic rings. The van der Waals surface area contributed by atoms with Crippen molar-refractivity contribution in [1.29, 1.82) is 0 Å². The van der Waals surface area contributed by atoms with Crippen LogP contribution in [-0.4, -0.2) is 66.5 Å². The van der Waals surface area contributed by atoms with E-state index in [2.05, 4.69) is 34.1 Å². The first kappa shape index (κ1) is 19.3. The van der Waals surface area contributed by atoms with E-state index in [-0.39, 0.29) is 11.9 Å². The number of nitrogens with zero attached hydrogens (tertiary/aromatic N) is 3. The summed E-state index contributed by atoms with van der Waals surface area (Å²) in [6.07, 6.45) is 10.2. The molecule has 26 heavy (non-hydrogen) atoms. The van der Waals surface area contributed by atoms with E-state index in [0.717, 1.165) is 45.3 Å². The molecule has 2 aliphatic rings. The second-order valence-electron chi connectivity index (χ2n) is 8.24. The molecule has 0 radical (unpaired) electrons. The molecule has 0 bridgehead atoms. The highest BCUT2D eigenvalue weighted by Crippen LogP contribution is 2.43. The van der Waals surface area contributed by atoms with Crippen molar-refractivity contribution in [3.63, 3.8) is 0 Å². The molecule has 2 aliphatic heterocycles. The monoisotopic (exact) mass is 358 g/mol. The summed E-state index contributed by atoms with van der Waals surface area (Å²) in [6, 6.07) is 4.16. The zero-order valence-electron chi connectivity index (χ0n) is 16.4. The molecule has 2 saturated heterocycles. The highest BCUT2D eigenvalue weighted by atomic mass is 16.2. The largest absolute Gasteiger partial charge is 0.355 e. The number of carbonyl (C=O) groups is 1. The Kier molecular flexibility index (Phi) is 6.65. The number of hydrogen-bond acceptors (Lipinski definition) is 4. The topological polar surface area (TPSA) is 48.5 Å². The van der Waals surface area contributed by atoms with Crippen molar-refractivity contribution in [3.8, 4) is 0 Å². The molecule has 3 rings (SSSR count). The van der Waals surface area contributed by atoms with E-state index in [1.807, 2.05) is 24.5 Å². The molecule has 0 saturated carbocycles. The van der Waals surface area contributed by atoms with Crippen molar-refractivity contribution in [2.24, 2.45) is 5.41 Å². The molecule has 144 valence electrons. The maximum atomic E-state index is 12.9. The number of hydrogen-bond donors (Lipinski definition) is 1. The molecule has 3 heterocycles. The van der Waals surface area contributed by atoms with Gasteiger partial charge in [-0.1, -0.05) is 6.92 Å². The molecule has 0 unspecified atom stereocenters. The number of carbonyl (C=O) groups excluding carboxylic acids is 1. The lowest BCUT2D eigenvalue weighted by Crippen LogP contribution is -2.43. The molecule has 0 aliphatic carbocycles. The Balaban J connectivity index is 1.49. The third-order valence-electron chi connectivity index (χ3n) is 6.16. The van der Waals surface area contributed by atoms with E-state index in [4.69, 9.17) is 0 Å². The number of likely N-dealkylation sites (tertiary alicyclic amines) is 2. The second-order valence-corrected chi connectivity index (χ2v) is 8.24. The average molecular weight is 359 g/mol. The van der Waals surface area contributed by atoms with E-state index in [0.29, 0.717) is 5.41 Å². The Morgan fingerprint density at radius 1 is 1.31 bits per heavy atom. The lowest BCUT2D eigenvalue weighted by Gasteiger charge is -2.37. The number of aryl methyl sites for hydroxylation is 1. The average Bonchev–Trinajstić information content (AvgIpc) is 3.01. The van der Waals surface area contributed by atoms with Crippen LogP contribution >= 0.6 is 0 Å². The molecule has 5 heteroatoms. The van der Waals surface area contributed by atoms with Gasteiger partial charge in [-0.25, -0.2) is 0 Å². The predicted molar refractivity (Wildman–Crippen MR) is 105 cm³/mol. The molecule has 0 aromatic carbocycles.